The summed E-state index contributed by atoms with van der Waals surface area (Å²) in [6, 6.07) is 45.4. The average Bonchev–Trinajstić information content (AvgIpc) is 3.27. The normalized spacial score (nSPS) is 14.2. The van der Waals surface area contributed by atoms with Crippen molar-refractivity contribution in [2.75, 3.05) is 28.6 Å². The maximum atomic E-state index is 11.9. The number of rotatable bonds is 15. The number of nitrogens with zero attached hydrogens (tertiary/aromatic N) is 2. The van der Waals surface area contributed by atoms with Crippen LogP contribution < -0.4 is 45.1 Å². The fourth-order valence-electron chi connectivity index (χ4n) is 7.78. The van der Waals surface area contributed by atoms with Crippen molar-refractivity contribution >= 4 is 60.0 Å². The second-order valence-corrected chi connectivity index (χ2v) is 18.2. The maximum Gasteiger partial charge on any atom is 1.00 e. The Labute approximate surface area is 399 Å². The van der Waals surface area contributed by atoms with E-state index >= 15 is 0 Å². The minimum absolute atomic E-state index is 0. The molecule has 0 saturated carbocycles. The van der Waals surface area contributed by atoms with E-state index in [1.54, 1.807) is 12.1 Å². The first-order valence-corrected chi connectivity index (χ1v) is 23.5. The molecule has 0 aliphatic heterocycles. The van der Waals surface area contributed by atoms with E-state index in [2.05, 4.69) is 94.6 Å². The van der Waals surface area contributed by atoms with Crippen LogP contribution >= 0.6 is 0 Å². The van der Waals surface area contributed by atoms with E-state index in [1.165, 1.54) is 24.3 Å². The van der Waals surface area contributed by atoms with Gasteiger partial charge in [0.25, 0.3) is 10.1 Å². The molecule has 6 aromatic rings. The number of benzene rings is 6. The molecule has 0 heterocycles. The molecule has 6 aromatic carbocycles. The number of allylic oxidation sites excluding steroid dienone is 5. The smallest absolute Gasteiger partial charge is 0.744 e. The Morgan fingerprint density at radius 3 is 1.89 bits per heavy atom. The first kappa shape index (κ1) is 47.9. The van der Waals surface area contributed by atoms with Gasteiger partial charge in [0, 0.05) is 47.9 Å². The van der Waals surface area contributed by atoms with Crippen LogP contribution in [0.25, 0.3) is 5.57 Å². The maximum absolute atomic E-state index is 11.9. The SMILES string of the molecule is CCN(Cc1cccc(S(=O)(=O)[O-])c1)c1ccc(C(=C2C=CC(=[N+](CC)Cc3cccc(S(=O)(=O)O)c3)C=C2C)c2ccc(Nc3ccccc3Nc3ccccc3)cc2)c(C)c1.[Na+]. The molecule has 0 atom stereocenters. The standard InChI is InChI=1S/C51H50N4O6S2.Na/c1-5-54(34-38-14-12-18-45(32-38)62(56,57)58)43-26-28-47(36(3)30-43)51(40-22-24-42(25-23-40)53-50-21-11-10-20-49(50)52-41-16-8-7-9-17-41)48-29-27-44(31-37(48)4)55(6-2)35-39-15-13-19-46(33-39)63(59,60)61;/h7-33,52H,5-6,34-35H2,1-4H3,(H2,56,57,58,59,60,61);/q;+1. The van der Waals surface area contributed by atoms with Crippen molar-refractivity contribution in [2.24, 2.45) is 0 Å². The van der Waals surface area contributed by atoms with Crippen LogP contribution in [0.1, 0.15) is 48.6 Å². The molecule has 0 aromatic heterocycles. The minimum atomic E-state index is -4.58. The van der Waals surface area contributed by atoms with Gasteiger partial charge in [-0.05, 0) is 146 Å². The van der Waals surface area contributed by atoms with Crippen molar-refractivity contribution in [3.05, 3.63) is 203 Å². The Morgan fingerprint density at radius 2 is 1.30 bits per heavy atom. The molecule has 0 radical (unpaired) electrons. The van der Waals surface area contributed by atoms with Gasteiger partial charge in [-0.1, -0.05) is 72.8 Å². The topological polar surface area (TPSA) is 142 Å². The number of hydrogen-bond donors (Lipinski definition) is 3. The van der Waals surface area contributed by atoms with Crippen LogP contribution in [0.5, 0.6) is 0 Å². The Morgan fingerprint density at radius 1 is 0.688 bits per heavy atom. The monoisotopic (exact) mass is 901 g/mol. The van der Waals surface area contributed by atoms with Crippen LogP contribution in [-0.2, 0) is 33.3 Å². The van der Waals surface area contributed by atoms with Gasteiger partial charge in [0.05, 0.1) is 21.2 Å². The van der Waals surface area contributed by atoms with Crippen molar-refractivity contribution in [1.29, 1.82) is 0 Å². The summed E-state index contributed by atoms with van der Waals surface area (Å²) in [5, 5.41) is 7.11. The zero-order valence-corrected chi connectivity index (χ0v) is 40.2. The molecule has 7 rings (SSSR count). The molecule has 0 saturated heterocycles. The van der Waals surface area contributed by atoms with Crippen LogP contribution in [0.4, 0.5) is 28.4 Å². The molecule has 0 unspecified atom stereocenters. The Hall–Kier alpha value is -5.57. The van der Waals surface area contributed by atoms with Crippen molar-refractivity contribution in [2.45, 2.75) is 50.6 Å². The van der Waals surface area contributed by atoms with Gasteiger partial charge in [0.2, 0.25) is 0 Å². The molecule has 322 valence electrons. The Bertz CT molecular complexity index is 3000. The number of aryl methyl sites for hydroxylation is 1. The third kappa shape index (κ3) is 11.8. The molecular weight excluding hydrogens is 852 g/mol. The quantitative estimate of drug-likeness (QED) is 0.0539. The van der Waals surface area contributed by atoms with Crippen molar-refractivity contribution in [3.8, 4) is 0 Å². The Balaban J connectivity index is 0.00000680. The van der Waals surface area contributed by atoms with E-state index in [1.807, 2.05) is 80.6 Å². The van der Waals surface area contributed by atoms with Gasteiger partial charge in [-0.2, -0.15) is 8.42 Å². The van der Waals surface area contributed by atoms with E-state index in [0.29, 0.717) is 26.2 Å². The fourth-order valence-corrected chi connectivity index (χ4v) is 8.87. The fraction of sp³-hybridized carbons (Fsp3) is 0.157. The zero-order chi connectivity index (χ0) is 44.7. The molecule has 0 amide bonds. The molecule has 3 N–H and O–H groups in total. The minimum Gasteiger partial charge on any atom is -0.744 e. The zero-order valence-electron chi connectivity index (χ0n) is 36.6. The molecule has 0 bridgehead atoms. The van der Waals surface area contributed by atoms with Gasteiger partial charge < -0.3 is 20.1 Å². The third-order valence-electron chi connectivity index (χ3n) is 11.0. The van der Waals surface area contributed by atoms with Crippen LogP contribution in [0.3, 0.4) is 0 Å². The van der Waals surface area contributed by atoms with E-state index in [-0.39, 0.29) is 39.3 Å². The van der Waals surface area contributed by atoms with Gasteiger partial charge in [0.15, 0.2) is 12.3 Å². The van der Waals surface area contributed by atoms with Gasteiger partial charge in [-0.3, -0.25) is 4.55 Å². The Kier molecular flexibility index (Phi) is 15.7. The van der Waals surface area contributed by atoms with Crippen LogP contribution in [0, 0.1) is 6.92 Å². The summed E-state index contributed by atoms with van der Waals surface area (Å²) in [4.78, 5) is 1.76. The molecule has 64 heavy (non-hydrogen) atoms. The van der Waals surface area contributed by atoms with Crippen molar-refractivity contribution in [3.63, 3.8) is 0 Å². The summed E-state index contributed by atoms with van der Waals surface area (Å²) in [5.41, 5.74) is 13.4. The first-order chi connectivity index (χ1) is 30.2. The van der Waals surface area contributed by atoms with Crippen LogP contribution in [0.2, 0.25) is 0 Å². The van der Waals surface area contributed by atoms with Crippen LogP contribution in [0.15, 0.2) is 185 Å². The van der Waals surface area contributed by atoms with E-state index in [4.69, 9.17) is 0 Å². The van der Waals surface area contributed by atoms with E-state index in [0.717, 1.165) is 78.7 Å². The summed E-state index contributed by atoms with van der Waals surface area (Å²) in [6.45, 7) is 10.4. The molecule has 13 heteroatoms. The molecular formula is C51H50N4NaO6S2+. The molecule has 10 nitrogen and oxygen atoms in total. The number of para-hydroxylation sites is 3. The van der Waals surface area contributed by atoms with Gasteiger partial charge in [0.1, 0.15) is 16.7 Å². The first-order valence-electron chi connectivity index (χ1n) is 20.7. The largest absolute Gasteiger partial charge is 1.00 e. The second-order valence-electron chi connectivity index (χ2n) is 15.4. The third-order valence-corrected chi connectivity index (χ3v) is 12.7. The summed E-state index contributed by atoms with van der Waals surface area (Å²) in [5.74, 6) is 0. The van der Waals surface area contributed by atoms with Crippen molar-refractivity contribution in [1.82, 2.24) is 0 Å². The van der Waals surface area contributed by atoms with E-state index < -0.39 is 20.2 Å². The summed E-state index contributed by atoms with van der Waals surface area (Å²) < 4.78 is 70.9. The summed E-state index contributed by atoms with van der Waals surface area (Å²) >= 11 is 0. The number of hydrogen-bond acceptors (Lipinski definition) is 8. The molecule has 1 aliphatic carbocycles. The predicted molar refractivity (Wildman–Crippen MR) is 253 cm³/mol. The van der Waals surface area contributed by atoms with Gasteiger partial charge in [-0.25, -0.2) is 13.0 Å². The number of nitrogens with one attached hydrogen (secondary N) is 2. The van der Waals surface area contributed by atoms with E-state index in [9.17, 15) is 25.9 Å². The second kappa shape index (κ2) is 21.0. The number of anilines is 5. The van der Waals surface area contributed by atoms with Gasteiger partial charge >= 0.3 is 29.6 Å². The van der Waals surface area contributed by atoms with Crippen molar-refractivity contribution < 1.29 is 60.1 Å². The summed E-state index contributed by atoms with van der Waals surface area (Å²) in [6.07, 6.45) is 6.37. The predicted octanol–water partition coefficient (Wildman–Crippen LogP) is 7.66. The van der Waals surface area contributed by atoms with Crippen LogP contribution in [-0.4, -0.2) is 49.3 Å². The molecule has 0 spiro atoms. The molecule has 1 aliphatic rings. The summed E-state index contributed by atoms with van der Waals surface area (Å²) in [7, 11) is -8.92. The molecule has 0 fully saturated rings. The van der Waals surface area contributed by atoms with Gasteiger partial charge in [-0.15, -0.1) is 0 Å². The average molecular weight is 902 g/mol.